The van der Waals surface area contributed by atoms with E-state index in [1.54, 1.807) is 33.4 Å². The molecule has 4 bridgehead atoms. The number of fused-ring (bicyclic) bond motifs is 7. The number of unbranched alkanes of at least 4 members (excludes halogenated alkanes) is 10. The SMILES string of the molecule is CCCCCCCCC1(CCCCCCCC)c2cc(N(c3ccc(Br)cc3)c3ccc4c(c3)C3CCC4CC3)ccc2-c2ccc(N(c3ccc(Br)cc3)c3ccc4c(c3)C3CCC4CC3)cc21. The number of anilines is 6. The molecule has 358 valence electrons. The van der Waals surface area contributed by atoms with Gasteiger partial charge >= 0.3 is 0 Å². The third kappa shape index (κ3) is 9.33. The molecule has 13 rings (SSSR count). The molecule has 7 aliphatic carbocycles. The Morgan fingerprint density at radius 3 is 1.07 bits per heavy atom. The van der Waals surface area contributed by atoms with E-state index < -0.39 is 0 Å². The maximum Gasteiger partial charge on any atom is 0.0465 e. The Balaban J connectivity index is 1.06. The Hall–Kier alpha value is -4.12. The van der Waals surface area contributed by atoms with Crippen LogP contribution in [0.3, 0.4) is 0 Å². The third-order valence-corrected chi connectivity index (χ3v) is 18.9. The first-order chi connectivity index (χ1) is 33.9. The Morgan fingerprint density at radius 2 is 0.681 bits per heavy atom. The molecule has 2 saturated carbocycles. The van der Waals surface area contributed by atoms with E-state index in [0.29, 0.717) is 11.8 Å². The van der Waals surface area contributed by atoms with E-state index in [9.17, 15) is 0 Å². The van der Waals surface area contributed by atoms with E-state index in [2.05, 4.69) is 177 Å². The molecule has 2 fully saturated rings. The molecule has 0 unspecified atom stereocenters. The third-order valence-electron chi connectivity index (χ3n) is 17.8. The van der Waals surface area contributed by atoms with E-state index in [0.717, 1.165) is 20.8 Å². The first-order valence-electron chi connectivity index (χ1n) is 27.6. The van der Waals surface area contributed by atoms with Crippen LogP contribution in [0, 0.1) is 0 Å². The second-order valence-electron chi connectivity index (χ2n) is 21.9. The lowest BCUT2D eigenvalue weighted by Crippen LogP contribution is -2.26. The molecule has 7 aliphatic rings. The van der Waals surface area contributed by atoms with Gasteiger partial charge in [0.25, 0.3) is 0 Å². The van der Waals surface area contributed by atoms with Crippen LogP contribution in [-0.4, -0.2) is 0 Å². The molecule has 0 N–H and O–H groups in total. The molecule has 4 heteroatoms. The standard InChI is InChI=1S/C65H74Br2N2/c1-3-5-7-9-11-13-39-65(40-14-12-10-8-6-4-2)63-43-55(68(51-27-23-49(66)24-28-51)53-31-35-57-45-15-19-47(20-16-45)61(57)41-53)33-37-59(63)60-38-34-56(44-64(60)65)69(52-29-25-50(67)26-30-52)54-32-36-58-46-17-21-48(22-18-46)62(58)42-54/h23-38,41-48H,3-22,39-40H2,1-2H3. The Kier molecular flexibility index (Phi) is 14.3. The van der Waals surface area contributed by atoms with Crippen LogP contribution in [0.4, 0.5) is 34.1 Å². The second-order valence-corrected chi connectivity index (χ2v) is 23.8. The van der Waals surface area contributed by atoms with Crippen LogP contribution >= 0.6 is 31.9 Å². The van der Waals surface area contributed by atoms with E-state index in [1.807, 2.05) is 0 Å². The highest BCUT2D eigenvalue weighted by molar-refractivity contribution is 9.10. The number of hydrogen-bond donors (Lipinski definition) is 0. The zero-order valence-electron chi connectivity index (χ0n) is 41.6. The molecule has 2 nitrogen and oxygen atoms in total. The molecule has 0 saturated heterocycles. The highest BCUT2D eigenvalue weighted by Crippen LogP contribution is 2.58. The summed E-state index contributed by atoms with van der Waals surface area (Å²) in [5.41, 5.74) is 19.9. The second kappa shape index (κ2) is 20.9. The van der Waals surface area contributed by atoms with Gasteiger partial charge in [-0.2, -0.15) is 0 Å². The molecule has 6 aromatic carbocycles. The van der Waals surface area contributed by atoms with Gasteiger partial charge in [-0.3, -0.25) is 0 Å². The fourth-order valence-electron chi connectivity index (χ4n) is 14.2. The van der Waals surface area contributed by atoms with Gasteiger partial charge in [-0.15, -0.1) is 0 Å². The van der Waals surface area contributed by atoms with Crippen molar-refractivity contribution in [1.82, 2.24) is 0 Å². The summed E-state index contributed by atoms with van der Waals surface area (Å²) >= 11 is 7.57. The van der Waals surface area contributed by atoms with Crippen LogP contribution in [-0.2, 0) is 5.41 Å². The number of hydrogen-bond acceptors (Lipinski definition) is 2. The van der Waals surface area contributed by atoms with Gasteiger partial charge in [0, 0.05) is 48.5 Å². The fraction of sp³-hybridized carbons (Fsp3) is 0.446. The zero-order valence-corrected chi connectivity index (χ0v) is 44.7. The van der Waals surface area contributed by atoms with E-state index in [1.165, 1.54) is 187 Å². The maximum absolute atomic E-state index is 3.79. The topological polar surface area (TPSA) is 6.48 Å². The highest BCUT2D eigenvalue weighted by atomic mass is 79.9. The maximum atomic E-state index is 3.79. The van der Waals surface area contributed by atoms with Crippen LogP contribution in [0.15, 0.2) is 130 Å². The van der Waals surface area contributed by atoms with Gasteiger partial charge in [0.15, 0.2) is 0 Å². The van der Waals surface area contributed by atoms with E-state index >= 15 is 0 Å². The zero-order chi connectivity index (χ0) is 46.9. The molecule has 0 atom stereocenters. The molecule has 0 radical (unpaired) electrons. The minimum Gasteiger partial charge on any atom is -0.310 e. The predicted molar refractivity (Wildman–Crippen MR) is 301 cm³/mol. The molecule has 0 aliphatic heterocycles. The van der Waals surface area contributed by atoms with Crippen LogP contribution in [0.2, 0.25) is 0 Å². The summed E-state index contributed by atoms with van der Waals surface area (Å²) in [6, 6.07) is 48.5. The molecular formula is C65H74Br2N2. The molecule has 0 aromatic heterocycles. The minimum absolute atomic E-state index is 0.0903. The van der Waals surface area contributed by atoms with E-state index in [-0.39, 0.29) is 5.41 Å². The summed E-state index contributed by atoms with van der Waals surface area (Å²) in [6.07, 6.45) is 28.8. The minimum atomic E-state index is -0.0903. The van der Waals surface area contributed by atoms with Crippen LogP contribution in [0.1, 0.15) is 212 Å². The van der Waals surface area contributed by atoms with E-state index in [4.69, 9.17) is 0 Å². The highest BCUT2D eigenvalue weighted by Gasteiger charge is 2.44. The van der Waals surface area contributed by atoms with Crippen molar-refractivity contribution >= 4 is 66.0 Å². The quantitative estimate of drug-likeness (QED) is 0.0703. The van der Waals surface area contributed by atoms with Gasteiger partial charge in [-0.1, -0.05) is 147 Å². The van der Waals surface area contributed by atoms with Crippen molar-refractivity contribution < 1.29 is 0 Å². The van der Waals surface area contributed by atoms with Crippen molar-refractivity contribution in [2.24, 2.45) is 0 Å². The molecule has 0 heterocycles. The largest absolute Gasteiger partial charge is 0.310 e. The van der Waals surface area contributed by atoms with Gasteiger partial charge in [0.1, 0.15) is 0 Å². The Bertz CT molecular complexity index is 2530. The first kappa shape index (κ1) is 47.2. The lowest BCUT2D eigenvalue weighted by atomic mass is 9.67. The molecule has 6 aromatic rings. The van der Waals surface area contributed by atoms with Crippen molar-refractivity contribution in [3.8, 4) is 11.1 Å². The molecule has 0 amide bonds. The van der Waals surface area contributed by atoms with Crippen molar-refractivity contribution in [3.05, 3.63) is 164 Å². The van der Waals surface area contributed by atoms with Crippen LogP contribution < -0.4 is 9.80 Å². The molecule has 69 heavy (non-hydrogen) atoms. The summed E-state index contributed by atoms with van der Waals surface area (Å²) in [5, 5.41) is 0. The van der Waals surface area contributed by atoms with Crippen molar-refractivity contribution in [2.45, 2.75) is 184 Å². The number of rotatable bonds is 20. The van der Waals surface area contributed by atoms with Gasteiger partial charge < -0.3 is 9.80 Å². The molecular weight excluding hydrogens is 969 g/mol. The Morgan fingerprint density at radius 1 is 0.362 bits per heavy atom. The van der Waals surface area contributed by atoms with Crippen molar-refractivity contribution in [2.75, 3.05) is 9.80 Å². The average molecular weight is 1040 g/mol. The summed E-state index contributed by atoms with van der Waals surface area (Å²) in [7, 11) is 0. The normalized spacial score (nSPS) is 20.1. The number of benzene rings is 6. The van der Waals surface area contributed by atoms with Crippen molar-refractivity contribution in [1.29, 1.82) is 0 Å². The smallest absolute Gasteiger partial charge is 0.0465 e. The lowest BCUT2D eigenvalue weighted by molar-refractivity contribution is 0.359. The fourth-order valence-corrected chi connectivity index (χ4v) is 14.7. The summed E-state index contributed by atoms with van der Waals surface area (Å²) < 4.78 is 2.23. The van der Waals surface area contributed by atoms with Crippen LogP contribution in [0.25, 0.3) is 11.1 Å². The number of halogens is 2. The van der Waals surface area contributed by atoms with Crippen LogP contribution in [0.5, 0.6) is 0 Å². The monoisotopic (exact) mass is 1040 g/mol. The average Bonchev–Trinajstić information content (AvgIpc) is 3.65. The first-order valence-corrected chi connectivity index (χ1v) is 29.2. The summed E-state index contributed by atoms with van der Waals surface area (Å²) in [4.78, 5) is 5.17. The van der Waals surface area contributed by atoms with Gasteiger partial charge in [-0.05, 0) is 229 Å². The van der Waals surface area contributed by atoms with Gasteiger partial charge in [0.05, 0.1) is 0 Å². The van der Waals surface area contributed by atoms with Gasteiger partial charge in [0.2, 0.25) is 0 Å². The summed E-state index contributed by atoms with van der Waals surface area (Å²) in [6.45, 7) is 4.68. The lowest BCUT2D eigenvalue weighted by Gasteiger charge is -2.39. The summed E-state index contributed by atoms with van der Waals surface area (Å²) in [5.74, 6) is 2.85. The predicted octanol–water partition coefficient (Wildman–Crippen LogP) is 21.4. The Labute approximate surface area is 432 Å². The number of nitrogens with zero attached hydrogens (tertiary/aromatic N) is 2. The van der Waals surface area contributed by atoms with Crippen molar-refractivity contribution in [3.63, 3.8) is 0 Å². The molecule has 0 spiro atoms. The van der Waals surface area contributed by atoms with Gasteiger partial charge in [-0.25, -0.2) is 0 Å².